The van der Waals surface area contributed by atoms with Crippen LogP contribution in [0.3, 0.4) is 0 Å². The van der Waals surface area contributed by atoms with Crippen molar-refractivity contribution >= 4 is 17.6 Å². The summed E-state index contributed by atoms with van der Waals surface area (Å²) in [6, 6.07) is 0. The van der Waals surface area contributed by atoms with E-state index in [-0.39, 0.29) is 19.0 Å². The third-order valence-electron chi connectivity index (χ3n) is 3.04. The Morgan fingerprint density at radius 3 is 2.45 bits per heavy atom. The summed E-state index contributed by atoms with van der Waals surface area (Å²) in [5.74, 6) is -1.15. The topological polar surface area (TPSA) is 87.5 Å². The molecule has 0 spiro atoms. The second-order valence-electron chi connectivity index (χ2n) is 4.82. The first-order valence-electron chi connectivity index (χ1n) is 6.59. The van der Waals surface area contributed by atoms with Crippen LogP contribution >= 0.6 is 0 Å². The summed E-state index contributed by atoms with van der Waals surface area (Å²) in [4.78, 5) is 24.4. The molecule has 1 aromatic heterocycles. The molecule has 2 N–H and O–H groups in total. The molecule has 0 saturated carbocycles. The molecule has 1 heterocycles. The van der Waals surface area contributed by atoms with Gasteiger partial charge in [-0.1, -0.05) is 6.92 Å². The van der Waals surface area contributed by atoms with E-state index in [1.54, 1.807) is 9.58 Å². The molecule has 7 heteroatoms. The number of aliphatic carboxylic acids is 1. The van der Waals surface area contributed by atoms with Crippen LogP contribution in [0, 0.1) is 13.8 Å². The van der Waals surface area contributed by atoms with Crippen molar-refractivity contribution in [1.29, 1.82) is 0 Å². The van der Waals surface area contributed by atoms with Crippen LogP contribution in [0.2, 0.25) is 0 Å². The zero-order valence-electron chi connectivity index (χ0n) is 12.4. The quantitative estimate of drug-likeness (QED) is 0.771. The molecular weight excluding hydrogens is 260 g/mol. The summed E-state index contributed by atoms with van der Waals surface area (Å²) < 4.78 is 1.70. The molecule has 0 bridgehead atoms. The van der Waals surface area contributed by atoms with Gasteiger partial charge in [0, 0.05) is 7.05 Å². The van der Waals surface area contributed by atoms with E-state index in [1.807, 2.05) is 27.8 Å². The Labute approximate surface area is 118 Å². The van der Waals surface area contributed by atoms with Gasteiger partial charge in [-0.05, 0) is 26.8 Å². The van der Waals surface area contributed by atoms with Gasteiger partial charge in [0.25, 0.3) is 0 Å². The van der Waals surface area contributed by atoms with Gasteiger partial charge in [0.2, 0.25) is 5.91 Å². The number of nitrogens with zero attached hydrogens (tertiary/aromatic N) is 3. The number of amides is 1. The average molecular weight is 282 g/mol. The maximum absolute atomic E-state index is 12.0. The number of carboxylic acid groups (broad SMARTS) is 1. The molecule has 0 radical (unpaired) electrons. The summed E-state index contributed by atoms with van der Waals surface area (Å²) in [6.07, 6.45) is 0.797. The molecule has 0 aromatic carbocycles. The van der Waals surface area contributed by atoms with Crippen molar-refractivity contribution in [2.75, 3.05) is 25.0 Å². The number of rotatable bonds is 7. The minimum atomic E-state index is -0.931. The Bertz CT molecular complexity index is 496. The molecule has 1 rings (SSSR count). The van der Waals surface area contributed by atoms with Crippen LogP contribution < -0.4 is 5.32 Å². The van der Waals surface area contributed by atoms with Crippen molar-refractivity contribution in [3.63, 3.8) is 0 Å². The van der Waals surface area contributed by atoms with Crippen molar-refractivity contribution in [2.24, 2.45) is 7.05 Å². The highest BCUT2D eigenvalue weighted by molar-refractivity contribution is 5.93. The van der Waals surface area contributed by atoms with Gasteiger partial charge in [-0.3, -0.25) is 19.2 Å². The maximum atomic E-state index is 12.0. The summed E-state index contributed by atoms with van der Waals surface area (Å²) in [6.45, 7) is 6.15. The first-order valence-corrected chi connectivity index (χ1v) is 6.59. The second-order valence-corrected chi connectivity index (χ2v) is 4.82. The molecule has 20 heavy (non-hydrogen) atoms. The fraction of sp³-hybridized carbons (Fsp3) is 0.615. The van der Waals surface area contributed by atoms with Crippen LogP contribution in [0.15, 0.2) is 0 Å². The van der Waals surface area contributed by atoms with Gasteiger partial charge in [-0.15, -0.1) is 0 Å². The molecule has 7 nitrogen and oxygen atoms in total. The highest BCUT2D eigenvalue weighted by atomic mass is 16.4. The van der Waals surface area contributed by atoms with E-state index in [4.69, 9.17) is 5.11 Å². The largest absolute Gasteiger partial charge is 0.480 e. The first-order chi connectivity index (χ1) is 9.35. The molecule has 0 aliphatic heterocycles. The number of carboxylic acids is 1. The lowest BCUT2D eigenvalue weighted by Gasteiger charge is -2.18. The molecule has 0 fully saturated rings. The summed E-state index contributed by atoms with van der Waals surface area (Å²) in [5.41, 5.74) is 2.32. The lowest BCUT2D eigenvalue weighted by molar-refractivity contribution is -0.138. The second kappa shape index (κ2) is 7.04. The monoisotopic (exact) mass is 282 g/mol. The van der Waals surface area contributed by atoms with Crippen LogP contribution in [0.4, 0.5) is 5.69 Å². The van der Waals surface area contributed by atoms with E-state index in [9.17, 15) is 9.59 Å². The van der Waals surface area contributed by atoms with Crippen molar-refractivity contribution in [1.82, 2.24) is 14.7 Å². The fourth-order valence-corrected chi connectivity index (χ4v) is 2.06. The van der Waals surface area contributed by atoms with Crippen LogP contribution in [-0.4, -0.2) is 51.3 Å². The number of hydrogen-bond donors (Lipinski definition) is 2. The molecule has 1 aromatic rings. The number of carbonyl (C=O) groups is 2. The number of nitrogens with one attached hydrogen (secondary N) is 1. The third-order valence-corrected chi connectivity index (χ3v) is 3.04. The van der Waals surface area contributed by atoms with Crippen LogP contribution in [0.5, 0.6) is 0 Å². The number of aromatic nitrogens is 2. The molecule has 0 saturated heterocycles. The SMILES string of the molecule is CCCN(CC(=O)O)CC(=O)Nc1c(C)nn(C)c1C. The number of aryl methyl sites for hydroxylation is 2. The first kappa shape index (κ1) is 16.2. The normalized spacial score (nSPS) is 10.8. The predicted molar refractivity (Wildman–Crippen MR) is 75.7 cm³/mol. The van der Waals surface area contributed by atoms with E-state index in [0.29, 0.717) is 12.2 Å². The minimum absolute atomic E-state index is 0.0634. The van der Waals surface area contributed by atoms with Gasteiger partial charge < -0.3 is 10.4 Å². The van der Waals surface area contributed by atoms with Crippen molar-refractivity contribution in [2.45, 2.75) is 27.2 Å². The van der Waals surface area contributed by atoms with Crippen LogP contribution in [0.1, 0.15) is 24.7 Å². The standard InChI is InChI=1S/C13H22N4O3/c1-5-6-17(8-12(19)20)7-11(18)14-13-9(2)15-16(4)10(13)3/h5-8H2,1-4H3,(H,14,18)(H,19,20). The lowest BCUT2D eigenvalue weighted by atomic mass is 10.3. The molecular formula is C13H22N4O3. The Morgan fingerprint density at radius 1 is 1.35 bits per heavy atom. The molecule has 0 atom stereocenters. The fourth-order valence-electron chi connectivity index (χ4n) is 2.06. The van der Waals surface area contributed by atoms with Gasteiger partial charge in [0.05, 0.1) is 30.2 Å². The molecule has 0 unspecified atom stereocenters. The van der Waals surface area contributed by atoms with E-state index < -0.39 is 5.97 Å². The number of carbonyl (C=O) groups excluding carboxylic acids is 1. The van der Waals surface area contributed by atoms with Gasteiger partial charge in [0.15, 0.2) is 0 Å². The minimum Gasteiger partial charge on any atom is -0.480 e. The zero-order valence-corrected chi connectivity index (χ0v) is 12.4. The summed E-state index contributed by atoms with van der Waals surface area (Å²) >= 11 is 0. The Hall–Kier alpha value is -1.89. The Balaban J connectivity index is 2.67. The lowest BCUT2D eigenvalue weighted by Crippen LogP contribution is -2.37. The highest BCUT2D eigenvalue weighted by Crippen LogP contribution is 2.18. The zero-order chi connectivity index (χ0) is 15.3. The molecule has 112 valence electrons. The van der Waals surface area contributed by atoms with E-state index in [2.05, 4.69) is 10.4 Å². The van der Waals surface area contributed by atoms with E-state index in [1.165, 1.54) is 0 Å². The smallest absolute Gasteiger partial charge is 0.317 e. The van der Waals surface area contributed by atoms with E-state index in [0.717, 1.165) is 17.8 Å². The van der Waals surface area contributed by atoms with Crippen LogP contribution in [-0.2, 0) is 16.6 Å². The number of anilines is 1. The summed E-state index contributed by atoms with van der Waals surface area (Å²) in [7, 11) is 1.81. The van der Waals surface area contributed by atoms with Crippen molar-refractivity contribution in [3.05, 3.63) is 11.4 Å². The van der Waals surface area contributed by atoms with Gasteiger partial charge in [0.1, 0.15) is 0 Å². The Morgan fingerprint density at radius 2 is 2.00 bits per heavy atom. The number of hydrogen-bond acceptors (Lipinski definition) is 4. The Kier molecular flexibility index (Phi) is 5.69. The van der Waals surface area contributed by atoms with Gasteiger partial charge in [-0.25, -0.2) is 0 Å². The van der Waals surface area contributed by atoms with Crippen LogP contribution in [0.25, 0.3) is 0 Å². The molecule has 0 aliphatic rings. The van der Waals surface area contributed by atoms with Crippen molar-refractivity contribution < 1.29 is 14.7 Å². The summed E-state index contributed by atoms with van der Waals surface area (Å²) in [5, 5.41) is 15.8. The van der Waals surface area contributed by atoms with E-state index >= 15 is 0 Å². The molecule has 0 aliphatic carbocycles. The van der Waals surface area contributed by atoms with Crippen molar-refractivity contribution in [3.8, 4) is 0 Å². The molecule has 1 amide bonds. The average Bonchev–Trinajstić information content (AvgIpc) is 2.55. The van der Waals surface area contributed by atoms with Gasteiger partial charge >= 0.3 is 5.97 Å². The third kappa shape index (κ3) is 4.34. The van der Waals surface area contributed by atoms with Gasteiger partial charge in [-0.2, -0.15) is 5.10 Å². The maximum Gasteiger partial charge on any atom is 0.317 e. The highest BCUT2D eigenvalue weighted by Gasteiger charge is 2.16. The predicted octanol–water partition coefficient (Wildman–Crippen LogP) is 0.772.